The zero-order valence-electron chi connectivity index (χ0n) is 11.3. The topological polar surface area (TPSA) is 72.6 Å². The van der Waals surface area contributed by atoms with Crippen LogP contribution in [0, 0.1) is 5.92 Å². The summed E-state index contributed by atoms with van der Waals surface area (Å²) in [7, 11) is 0. The highest BCUT2D eigenvalue weighted by molar-refractivity contribution is 5.85. The van der Waals surface area contributed by atoms with E-state index in [-0.39, 0.29) is 12.0 Å². The van der Waals surface area contributed by atoms with Gasteiger partial charge in [0.15, 0.2) is 0 Å². The normalized spacial score (nSPS) is 21.1. The highest BCUT2D eigenvalue weighted by atomic mass is 16.6. The van der Waals surface area contributed by atoms with Gasteiger partial charge in [-0.05, 0) is 45.6 Å². The molecule has 1 aliphatic rings. The van der Waals surface area contributed by atoms with Gasteiger partial charge < -0.3 is 15.4 Å². The number of piperidine rings is 1. The first kappa shape index (κ1) is 14.5. The molecule has 1 fully saturated rings. The van der Waals surface area contributed by atoms with Gasteiger partial charge in [0.25, 0.3) is 0 Å². The highest BCUT2D eigenvalue weighted by Gasteiger charge is 2.26. The van der Waals surface area contributed by atoms with Crippen LogP contribution in [0.3, 0.4) is 0 Å². The summed E-state index contributed by atoms with van der Waals surface area (Å²) >= 11 is 0. The van der Waals surface area contributed by atoms with Gasteiger partial charge in [0, 0.05) is 13.1 Å². The quantitative estimate of drug-likeness (QED) is 0.762. The van der Waals surface area contributed by atoms with Crippen molar-refractivity contribution in [3.63, 3.8) is 0 Å². The molecule has 0 aliphatic carbocycles. The van der Waals surface area contributed by atoms with Crippen LogP contribution in [0.1, 0.15) is 33.6 Å². The number of hydrogen-bond donors (Lipinski definition) is 1. The van der Waals surface area contributed by atoms with Crippen molar-refractivity contribution >= 4 is 12.0 Å². The maximum absolute atomic E-state index is 11.9. The average Bonchev–Trinajstić information content (AvgIpc) is 2.24. The van der Waals surface area contributed by atoms with Crippen molar-refractivity contribution in [2.45, 2.75) is 39.2 Å². The van der Waals surface area contributed by atoms with E-state index in [0.29, 0.717) is 13.1 Å². The van der Waals surface area contributed by atoms with Crippen LogP contribution in [0.15, 0.2) is 12.2 Å². The van der Waals surface area contributed by atoms with Crippen LogP contribution < -0.4 is 5.73 Å². The molecule has 0 saturated carbocycles. The molecule has 5 heteroatoms. The van der Waals surface area contributed by atoms with Crippen molar-refractivity contribution in [1.29, 1.82) is 0 Å². The molecule has 0 aromatic carbocycles. The molecule has 0 spiro atoms. The lowest BCUT2D eigenvalue weighted by atomic mass is 9.98. The van der Waals surface area contributed by atoms with Gasteiger partial charge >= 0.3 is 6.09 Å². The number of ether oxygens (including phenoxy) is 1. The van der Waals surface area contributed by atoms with Gasteiger partial charge in [-0.1, -0.05) is 6.08 Å². The van der Waals surface area contributed by atoms with E-state index in [1.807, 2.05) is 20.8 Å². The van der Waals surface area contributed by atoms with Crippen LogP contribution in [-0.4, -0.2) is 35.6 Å². The molecule has 5 nitrogen and oxygen atoms in total. The molecule has 0 radical (unpaired) electrons. The van der Waals surface area contributed by atoms with Crippen molar-refractivity contribution in [2.75, 3.05) is 13.1 Å². The summed E-state index contributed by atoms with van der Waals surface area (Å²) in [5.74, 6) is -0.275. The minimum Gasteiger partial charge on any atom is -0.444 e. The van der Waals surface area contributed by atoms with Crippen molar-refractivity contribution in [3.8, 4) is 0 Å². The number of amides is 2. The summed E-state index contributed by atoms with van der Waals surface area (Å²) in [6, 6.07) is 0. The lowest BCUT2D eigenvalue weighted by molar-refractivity contribution is -0.113. The molecule has 0 bridgehead atoms. The first-order chi connectivity index (χ1) is 8.28. The third-order valence-electron chi connectivity index (χ3n) is 2.64. The summed E-state index contributed by atoms with van der Waals surface area (Å²) in [5.41, 5.74) is 4.58. The smallest absolute Gasteiger partial charge is 0.410 e. The largest absolute Gasteiger partial charge is 0.444 e. The molecule has 1 saturated heterocycles. The first-order valence-electron chi connectivity index (χ1n) is 6.23. The molecule has 0 aromatic heterocycles. The fourth-order valence-electron chi connectivity index (χ4n) is 1.89. The van der Waals surface area contributed by atoms with Crippen LogP contribution >= 0.6 is 0 Å². The Hall–Kier alpha value is -1.52. The predicted molar refractivity (Wildman–Crippen MR) is 68.9 cm³/mol. The average molecular weight is 254 g/mol. The fraction of sp³-hybridized carbons (Fsp3) is 0.692. The Morgan fingerprint density at radius 1 is 1.39 bits per heavy atom. The number of carbonyl (C=O) groups excluding carboxylic acids is 2. The van der Waals surface area contributed by atoms with E-state index in [1.54, 1.807) is 11.0 Å². The first-order valence-corrected chi connectivity index (χ1v) is 6.23. The molecule has 102 valence electrons. The Bertz CT molecular complexity index is 345. The fourth-order valence-corrected chi connectivity index (χ4v) is 1.89. The minimum atomic E-state index is -0.479. The molecule has 0 aromatic rings. The zero-order chi connectivity index (χ0) is 13.8. The second kappa shape index (κ2) is 5.89. The number of likely N-dealkylation sites (tertiary alicyclic amines) is 1. The van der Waals surface area contributed by atoms with Crippen LogP contribution in [0.4, 0.5) is 4.79 Å². The van der Waals surface area contributed by atoms with Crippen molar-refractivity contribution in [3.05, 3.63) is 12.2 Å². The van der Waals surface area contributed by atoms with E-state index in [9.17, 15) is 9.59 Å². The van der Waals surface area contributed by atoms with Gasteiger partial charge in [-0.25, -0.2) is 4.79 Å². The zero-order valence-corrected chi connectivity index (χ0v) is 11.3. The van der Waals surface area contributed by atoms with E-state index >= 15 is 0 Å². The van der Waals surface area contributed by atoms with E-state index in [4.69, 9.17) is 10.5 Å². The van der Waals surface area contributed by atoms with Crippen LogP contribution in [0.2, 0.25) is 0 Å². The van der Waals surface area contributed by atoms with Crippen molar-refractivity contribution in [2.24, 2.45) is 11.7 Å². The van der Waals surface area contributed by atoms with Gasteiger partial charge in [-0.15, -0.1) is 0 Å². The number of carbonyl (C=O) groups is 2. The lowest BCUT2D eigenvalue weighted by Gasteiger charge is -2.33. The number of nitrogens with two attached hydrogens (primary N) is 1. The van der Waals surface area contributed by atoms with Crippen LogP contribution in [-0.2, 0) is 9.53 Å². The van der Waals surface area contributed by atoms with Gasteiger partial charge in [0.05, 0.1) is 0 Å². The van der Waals surface area contributed by atoms with Crippen LogP contribution in [0.5, 0.6) is 0 Å². The number of primary amides is 1. The summed E-state index contributed by atoms with van der Waals surface area (Å²) in [4.78, 5) is 24.2. The highest BCUT2D eigenvalue weighted by Crippen LogP contribution is 2.20. The van der Waals surface area contributed by atoms with E-state index < -0.39 is 11.5 Å². The summed E-state index contributed by atoms with van der Waals surface area (Å²) in [6.45, 7) is 6.83. The van der Waals surface area contributed by atoms with Crippen LogP contribution in [0.25, 0.3) is 0 Å². The Balaban J connectivity index is 2.53. The Morgan fingerprint density at radius 3 is 2.61 bits per heavy atom. The Kier molecular flexibility index (Phi) is 4.76. The minimum absolute atomic E-state index is 0.179. The summed E-state index contributed by atoms with van der Waals surface area (Å²) in [6.07, 6.45) is 4.72. The van der Waals surface area contributed by atoms with Gasteiger partial charge in [-0.3, -0.25) is 4.79 Å². The maximum Gasteiger partial charge on any atom is 0.410 e. The van der Waals surface area contributed by atoms with E-state index in [0.717, 1.165) is 12.8 Å². The molecular weight excluding hydrogens is 232 g/mol. The molecule has 1 aliphatic heterocycles. The van der Waals surface area contributed by atoms with Gasteiger partial charge in [0.1, 0.15) is 5.60 Å². The second-order valence-electron chi connectivity index (χ2n) is 5.59. The second-order valence-corrected chi connectivity index (χ2v) is 5.59. The van der Waals surface area contributed by atoms with Gasteiger partial charge in [0.2, 0.25) is 5.91 Å². The lowest BCUT2D eigenvalue weighted by Crippen LogP contribution is -2.42. The molecule has 2 amide bonds. The molecular formula is C13H22N2O3. The third-order valence-corrected chi connectivity index (χ3v) is 2.64. The third kappa shape index (κ3) is 5.21. The molecule has 2 N–H and O–H groups in total. The number of nitrogens with zero attached hydrogens (tertiary/aromatic N) is 1. The van der Waals surface area contributed by atoms with Crippen molar-refractivity contribution in [1.82, 2.24) is 4.90 Å². The monoisotopic (exact) mass is 254 g/mol. The molecule has 1 unspecified atom stereocenters. The van der Waals surface area contributed by atoms with E-state index in [1.165, 1.54) is 6.08 Å². The van der Waals surface area contributed by atoms with Gasteiger partial charge in [-0.2, -0.15) is 0 Å². The predicted octanol–water partition coefficient (Wildman–Crippen LogP) is 1.68. The number of hydrogen-bond acceptors (Lipinski definition) is 3. The Labute approximate surface area is 108 Å². The number of rotatable bonds is 2. The summed E-state index contributed by atoms with van der Waals surface area (Å²) in [5, 5.41) is 0. The Morgan fingerprint density at radius 2 is 2.06 bits per heavy atom. The summed E-state index contributed by atoms with van der Waals surface area (Å²) < 4.78 is 5.32. The molecule has 1 rings (SSSR count). The standard InChI is InChI=1S/C13H22N2O3/c1-13(2,3)18-12(17)15-8-4-5-10(9-15)6-7-11(14)16/h6-7,10H,4-5,8-9H2,1-3H3,(H2,14,16)/b7-6+. The van der Waals surface area contributed by atoms with E-state index in [2.05, 4.69) is 0 Å². The van der Waals surface area contributed by atoms with Crippen molar-refractivity contribution < 1.29 is 14.3 Å². The molecule has 18 heavy (non-hydrogen) atoms. The molecule has 1 atom stereocenters. The SMILES string of the molecule is CC(C)(C)OC(=O)N1CCCC(/C=C/C(N)=O)C1. The maximum atomic E-state index is 11.9. The molecule has 1 heterocycles.